The summed E-state index contributed by atoms with van der Waals surface area (Å²) in [5.41, 5.74) is 1.65. The van der Waals surface area contributed by atoms with Gasteiger partial charge in [0.15, 0.2) is 0 Å². The third-order valence-electron chi connectivity index (χ3n) is 3.54. The van der Waals surface area contributed by atoms with Gasteiger partial charge in [-0.1, -0.05) is 24.8 Å². The number of rotatable bonds is 6. The quantitative estimate of drug-likeness (QED) is 0.492. The van der Waals surface area contributed by atoms with Crippen molar-refractivity contribution < 1.29 is 19.1 Å². The average Bonchev–Trinajstić information content (AvgIpc) is 2.65. The van der Waals surface area contributed by atoms with Crippen molar-refractivity contribution in [3.63, 3.8) is 0 Å². The molecule has 0 atom stereocenters. The molecule has 0 fully saturated rings. The van der Waals surface area contributed by atoms with Crippen molar-refractivity contribution in [2.24, 2.45) is 0 Å². The van der Waals surface area contributed by atoms with Crippen molar-refractivity contribution in [1.29, 1.82) is 0 Å². The monoisotopic (exact) mass is 352 g/mol. The Bertz CT molecular complexity index is 826. The van der Waals surface area contributed by atoms with E-state index in [9.17, 15) is 14.4 Å². The van der Waals surface area contributed by atoms with Crippen LogP contribution in [0.1, 0.15) is 26.3 Å². The van der Waals surface area contributed by atoms with Crippen molar-refractivity contribution in [2.45, 2.75) is 6.54 Å². The van der Waals surface area contributed by atoms with Crippen LogP contribution in [0, 0.1) is 0 Å². The smallest absolute Gasteiger partial charge is 0.343 e. The molecule has 0 aliphatic rings. The number of hydrogen-bond acceptors (Lipinski definition) is 4. The Morgan fingerprint density at radius 3 is 2.38 bits per heavy atom. The molecule has 6 nitrogen and oxygen atoms in total. The van der Waals surface area contributed by atoms with Crippen LogP contribution in [0.3, 0.4) is 0 Å². The Morgan fingerprint density at radius 1 is 1.08 bits per heavy atom. The molecule has 0 bridgehead atoms. The molecule has 0 spiro atoms. The van der Waals surface area contributed by atoms with Gasteiger partial charge in [0.05, 0.1) is 5.56 Å². The van der Waals surface area contributed by atoms with Crippen molar-refractivity contribution in [2.75, 3.05) is 14.1 Å². The third-order valence-corrected chi connectivity index (χ3v) is 3.54. The van der Waals surface area contributed by atoms with E-state index in [-0.39, 0.29) is 11.8 Å². The minimum Gasteiger partial charge on any atom is -0.423 e. The maximum absolute atomic E-state index is 12.3. The minimum atomic E-state index is -0.527. The number of esters is 1. The summed E-state index contributed by atoms with van der Waals surface area (Å²) < 4.78 is 5.33. The first-order chi connectivity index (χ1) is 12.4. The molecular formula is C20H20N2O4. The number of carbonyl (C=O) groups is 3. The number of benzene rings is 2. The standard InChI is InChI=1S/C20H20N2O4/c1-4-18(23)21-13-14-8-10-15(11-9-14)20(25)26-17-7-5-6-16(12-17)19(24)22(2)3/h4-12H,1,13H2,2-3H3,(H,21,23). The summed E-state index contributed by atoms with van der Waals surface area (Å²) in [6, 6.07) is 13.1. The largest absolute Gasteiger partial charge is 0.423 e. The van der Waals surface area contributed by atoms with Crippen LogP contribution in [0.25, 0.3) is 0 Å². The van der Waals surface area contributed by atoms with Crippen LogP contribution in [0.2, 0.25) is 0 Å². The predicted molar refractivity (Wildman–Crippen MR) is 97.9 cm³/mol. The highest BCUT2D eigenvalue weighted by molar-refractivity contribution is 5.95. The summed E-state index contributed by atoms with van der Waals surface area (Å²) in [6.07, 6.45) is 1.20. The topological polar surface area (TPSA) is 75.7 Å². The van der Waals surface area contributed by atoms with Crippen LogP contribution < -0.4 is 10.1 Å². The summed E-state index contributed by atoms with van der Waals surface area (Å²) in [5, 5.41) is 2.65. The molecular weight excluding hydrogens is 332 g/mol. The van der Waals surface area contributed by atoms with Gasteiger partial charge >= 0.3 is 5.97 Å². The van der Waals surface area contributed by atoms with E-state index in [0.717, 1.165) is 5.56 Å². The van der Waals surface area contributed by atoms with Gasteiger partial charge in [-0.05, 0) is 42.0 Å². The second-order valence-corrected chi connectivity index (χ2v) is 5.74. The zero-order valence-corrected chi connectivity index (χ0v) is 14.7. The van der Waals surface area contributed by atoms with Gasteiger partial charge in [0.25, 0.3) is 5.91 Å². The summed E-state index contributed by atoms with van der Waals surface area (Å²) in [5.74, 6) is -0.666. The van der Waals surface area contributed by atoms with Crippen LogP contribution in [-0.4, -0.2) is 36.8 Å². The van der Waals surface area contributed by atoms with Gasteiger partial charge in [0, 0.05) is 26.2 Å². The molecule has 0 radical (unpaired) electrons. The summed E-state index contributed by atoms with van der Waals surface area (Å²) >= 11 is 0. The van der Waals surface area contributed by atoms with E-state index in [1.54, 1.807) is 56.6 Å². The lowest BCUT2D eigenvalue weighted by atomic mass is 10.1. The highest BCUT2D eigenvalue weighted by atomic mass is 16.5. The van der Waals surface area contributed by atoms with E-state index in [2.05, 4.69) is 11.9 Å². The Morgan fingerprint density at radius 2 is 1.77 bits per heavy atom. The first kappa shape index (κ1) is 18.9. The van der Waals surface area contributed by atoms with E-state index in [4.69, 9.17) is 4.74 Å². The molecule has 0 saturated heterocycles. The Balaban J connectivity index is 2.03. The van der Waals surface area contributed by atoms with Crippen molar-refractivity contribution in [1.82, 2.24) is 10.2 Å². The number of nitrogens with one attached hydrogen (secondary N) is 1. The molecule has 1 N–H and O–H groups in total. The van der Waals surface area contributed by atoms with Gasteiger partial charge in [-0.15, -0.1) is 0 Å². The highest BCUT2D eigenvalue weighted by Gasteiger charge is 2.12. The van der Waals surface area contributed by atoms with Crippen molar-refractivity contribution in [3.05, 3.63) is 77.9 Å². The van der Waals surface area contributed by atoms with E-state index >= 15 is 0 Å². The molecule has 6 heteroatoms. The van der Waals surface area contributed by atoms with Crippen molar-refractivity contribution >= 4 is 17.8 Å². The summed E-state index contributed by atoms with van der Waals surface area (Å²) in [6.45, 7) is 3.72. The summed E-state index contributed by atoms with van der Waals surface area (Å²) in [7, 11) is 3.31. The number of hydrogen-bond donors (Lipinski definition) is 1. The molecule has 134 valence electrons. The van der Waals surface area contributed by atoms with Crippen LogP contribution in [-0.2, 0) is 11.3 Å². The fourth-order valence-electron chi connectivity index (χ4n) is 2.14. The van der Waals surface area contributed by atoms with E-state index in [1.165, 1.54) is 17.0 Å². The molecule has 0 heterocycles. The zero-order valence-electron chi connectivity index (χ0n) is 14.7. The first-order valence-electron chi connectivity index (χ1n) is 7.94. The van der Waals surface area contributed by atoms with Crippen LogP contribution in [0.4, 0.5) is 0 Å². The van der Waals surface area contributed by atoms with E-state index < -0.39 is 5.97 Å². The second kappa shape index (κ2) is 8.62. The number of ether oxygens (including phenoxy) is 1. The fraction of sp³-hybridized carbons (Fsp3) is 0.150. The van der Waals surface area contributed by atoms with Crippen LogP contribution in [0.5, 0.6) is 5.75 Å². The Kier molecular flexibility index (Phi) is 6.27. The molecule has 2 aromatic rings. The lowest BCUT2D eigenvalue weighted by molar-refractivity contribution is -0.116. The van der Waals surface area contributed by atoms with Crippen LogP contribution >= 0.6 is 0 Å². The molecule has 0 aliphatic carbocycles. The van der Waals surface area contributed by atoms with Gasteiger partial charge in [-0.2, -0.15) is 0 Å². The molecule has 2 amide bonds. The lowest BCUT2D eigenvalue weighted by Gasteiger charge is -2.11. The molecule has 0 unspecified atom stereocenters. The second-order valence-electron chi connectivity index (χ2n) is 5.74. The highest BCUT2D eigenvalue weighted by Crippen LogP contribution is 2.16. The van der Waals surface area contributed by atoms with Crippen LogP contribution in [0.15, 0.2) is 61.2 Å². The Hall–Kier alpha value is -3.41. The first-order valence-corrected chi connectivity index (χ1v) is 7.94. The SMILES string of the molecule is C=CC(=O)NCc1ccc(C(=O)Oc2cccc(C(=O)N(C)C)c2)cc1. The average molecular weight is 352 g/mol. The fourth-order valence-corrected chi connectivity index (χ4v) is 2.14. The van der Waals surface area contributed by atoms with E-state index in [0.29, 0.717) is 23.4 Å². The molecule has 0 saturated carbocycles. The van der Waals surface area contributed by atoms with Crippen molar-refractivity contribution in [3.8, 4) is 5.75 Å². The Labute approximate surface area is 152 Å². The van der Waals surface area contributed by atoms with Gasteiger partial charge in [0.1, 0.15) is 5.75 Å². The molecule has 2 aromatic carbocycles. The van der Waals surface area contributed by atoms with E-state index in [1.807, 2.05) is 0 Å². The zero-order chi connectivity index (χ0) is 19.1. The molecule has 0 aromatic heterocycles. The van der Waals surface area contributed by atoms with Gasteiger partial charge in [0.2, 0.25) is 5.91 Å². The van der Waals surface area contributed by atoms with Gasteiger partial charge in [-0.25, -0.2) is 4.79 Å². The normalized spacial score (nSPS) is 9.92. The maximum atomic E-state index is 12.3. The molecule has 0 aliphatic heterocycles. The minimum absolute atomic E-state index is 0.172. The lowest BCUT2D eigenvalue weighted by Crippen LogP contribution is -2.21. The van der Waals surface area contributed by atoms with Gasteiger partial charge < -0.3 is 15.0 Å². The van der Waals surface area contributed by atoms with Gasteiger partial charge in [-0.3, -0.25) is 9.59 Å². The third kappa shape index (κ3) is 5.04. The molecule has 26 heavy (non-hydrogen) atoms. The maximum Gasteiger partial charge on any atom is 0.343 e. The summed E-state index contributed by atoms with van der Waals surface area (Å²) in [4.78, 5) is 36.8. The molecule has 2 rings (SSSR count). The predicted octanol–water partition coefficient (Wildman–Crippen LogP) is 2.41. The number of carbonyl (C=O) groups excluding carboxylic acids is 3. The number of amides is 2. The number of nitrogens with zero attached hydrogens (tertiary/aromatic N) is 1.